The molecule has 0 aromatic heterocycles. The van der Waals surface area contributed by atoms with Crippen molar-refractivity contribution in [3.8, 4) is 0 Å². The Labute approximate surface area is 155 Å². The summed E-state index contributed by atoms with van der Waals surface area (Å²) in [6.07, 6.45) is 0. The van der Waals surface area contributed by atoms with Gasteiger partial charge in [0.05, 0.1) is 16.9 Å². The third-order valence-electron chi connectivity index (χ3n) is 3.69. The fraction of sp³-hybridized carbons (Fsp3) is 0. The molecule has 0 fully saturated rings. The molecule has 5 nitrogen and oxygen atoms in total. The minimum atomic E-state index is -1.11. The number of nitrogens with one attached hydrogen (secondary N) is 1. The molecule has 2 amide bonds. The lowest BCUT2D eigenvalue weighted by Crippen LogP contribution is -2.32. The van der Waals surface area contributed by atoms with Crippen LogP contribution in [-0.2, 0) is 0 Å². The van der Waals surface area contributed by atoms with E-state index in [0.717, 1.165) is 0 Å². The van der Waals surface area contributed by atoms with Gasteiger partial charge in [-0.15, -0.1) is 0 Å². The fourth-order valence-electron chi connectivity index (χ4n) is 2.50. The van der Waals surface area contributed by atoms with Crippen molar-refractivity contribution in [2.45, 2.75) is 0 Å². The molecule has 0 aliphatic carbocycles. The third-order valence-corrected chi connectivity index (χ3v) is 3.94. The maximum Gasteiger partial charge on any atom is 0.337 e. The Bertz CT molecular complexity index is 927. The maximum absolute atomic E-state index is 13.0. The van der Waals surface area contributed by atoms with Crippen molar-refractivity contribution in [3.05, 3.63) is 89.4 Å². The highest BCUT2D eigenvalue weighted by molar-refractivity contribution is 6.30. The molecule has 0 unspecified atom stereocenters. The second-order valence-electron chi connectivity index (χ2n) is 5.43. The summed E-state index contributed by atoms with van der Waals surface area (Å²) >= 11 is 5.87. The molecule has 0 saturated heterocycles. The van der Waals surface area contributed by atoms with Gasteiger partial charge in [0, 0.05) is 10.7 Å². The highest BCUT2D eigenvalue weighted by Crippen LogP contribution is 2.29. The first-order chi connectivity index (χ1) is 12.6. The standard InChI is InChI=1S/C20H15ClN2O3/c21-14-10-12-15(13-11-14)22-20(26)23(16-6-2-1-3-7-16)18-9-5-4-8-17(18)19(24)25/h1-13H,(H,22,26)(H,24,25). The Morgan fingerprint density at radius 3 is 2.12 bits per heavy atom. The number of para-hydroxylation sites is 2. The van der Waals surface area contributed by atoms with Crippen molar-refractivity contribution in [1.82, 2.24) is 0 Å². The molecule has 130 valence electrons. The smallest absolute Gasteiger partial charge is 0.337 e. The van der Waals surface area contributed by atoms with Crippen LogP contribution in [0.15, 0.2) is 78.9 Å². The van der Waals surface area contributed by atoms with Crippen molar-refractivity contribution in [2.24, 2.45) is 0 Å². The van der Waals surface area contributed by atoms with E-state index in [1.165, 1.54) is 11.0 Å². The van der Waals surface area contributed by atoms with Gasteiger partial charge in [0.25, 0.3) is 0 Å². The number of aromatic carboxylic acids is 1. The number of hydrogen-bond acceptors (Lipinski definition) is 2. The lowest BCUT2D eigenvalue weighted by atomic mass is 10.1. The van der Waals surface area contributed by atoms with Crippen LogP contribution in [-0.4, -0.2) is 17.1 Å². The molecule has 0 atom stereocenters. The molecule has 0 aliphatic rings. The quantitative estimate of drug-likeness (QED) is 0.648. The van der Waals surface area contributed by atoms with Crippen LogP contribution < -0.4 is 10.2 Å². The Balaban J connectivity index is 2.03. The van der Waals surface area contributed by atoms with Gasteiger partial charge in [0.15, 0.2) is 0 Å². The zero-order chi connectivity index (χ0) is 18.5. The number of halogens is 1. The van der Waals surface area contributed by atoms with Crippen LogP contribution >= 0.6 is 11.6 Å². The number of anilines is 3. The average molecular weight is 367 g/mol. The summed E-state index contributed by atoms with van der Waals surface area (Å²) in [6, 6.07) is 21.4. The lowest BCUT2D eigenvalue weighted by Gasteiger charge is -2.24. The molecule has 2 N–H and O–H groups in total. The van der Waals surface area contributed by atoms with Crippen LogP contribution in [0.4, 0.5) is 21.9 Å². The Hall–Kier alpha value is -3.31. The van der Waals surface area contributed by atoms with Gasteiger partial charge in [-0.2, -0.15) is 0 Å². The largest absolute Gasteiger partial charge is 0.478 e. The molecule has 3 aromatic rings. The number of urea groups is 1. The van der Waals surface area contributed by atoms with Crippen LogP contribution in [0, 0.1) is 0 Å². The number of carbonyl (C=O) groups is 2. The van der Waals surface area contributed by atoms with Gasteiger partial charge >= 0.3 is 12.0 Å². The highest BCUT2D eigenvalue weighted by Gasteiger charge is 2.23. The van der Waals surface area contributed by atoms with Gasteiger partial charge < -0.3 is 10.4 Å². The van der Waals surface area contributed by atoms with Gasteiger partial charge in [-0.25, -0.2) is 9.59 Å². The second-order valence-corrected chi connectivity index (χ2v) is 5.87. The van der Waals surface area contributed by atoms with E-state index in [0.29, 0.717) is 16.4 Å². The van der Waals surface area contributed by atoms with Crippen molar-refractivity contribution in [3.63, 3.8) is 0 Å². The summed E-state index contributed by atoms with van der Waals surface area (Å²) in [5.74, 6) is -1.11. The van der Waals surface area contributed by atoms with Crippen LogP contribution in [0.2, 0.25) is 5.02 Å². The summed E-state index contributed by atoms with van der Waals surface area (Å²) in [5.41, 5.74) is 1.40. The molecule has 0 aliphatic heterocycles. The Kier molecular flexibility index (Phi) is 5.20. The first-order valence-electron chi connectivity index (χ1n) is 7.80. The summed E-state index contributed by atoms with van der Waals surface area (Å²) in [6.45, 7) is 0. The van der Waals surface area contributed by atoms with E-state index in [2.05, 4.69) is 5.32 Å². The Morgan fingerprint density at radius 1 is 0.846 bits per heavy atom. The molecule has 26 heavy (non-hydrogen) atoms. The molecule has 0 bridgehead atoms. The summed E-state index contributed by atoms with van der Waals surface area (Å²) in [5, 5.41) is 12.8. The Morgan fingerprint density at radius 2 is 1.46 bits per heavy atom. The number of carboxylic acids is 1. The van der Waals surface area contributed by atoms with E-state index < -0.39 is 12.0 Å². The first kappa shape index (κ1) is 17.5. The van der Waals surface area contributed by atoms with Gasteiger partial charge in [-0.05, 0) is 48.5 Å². The molecule has 0 heterocycles. The monoisotopic (exact) mass is 366 g/mol. The summed E-state index contributed by atoms with van der Waals surface area (Å²) in [4.78, 5) is 25.9. The third kappa shape index (κ3) is 3.84. The zero-order valence-electron chi connectivity index (χ0n) is 13.6. The van der Waals surface area contributed by atoms with E-state index in [1.807, 2.05) is 6.07 Å². The minimum absolute atomic E-state index is 0.0302. The van der Waals surface area contributed by atoms with E-state index >= 15 is 0 Å². The number of rotatable bonds is 4. The van der Waals surface area contributed by atoms with E-state index in [4.69, 9.17) is 11.6 Å². The molecule has 0 spiro atoms. The van der Waals surface area contributed by atoms with Gasteiger partial charge in [0.2, 0.25) is 0 Å². The minimum Gasteiger partial charge on any atom is -0.478 e. The molecular formula is C20H15ClN2O3. The van der Waals surface area contributed by atoms with Gasteiger partial charge in [-0.3, -0.25) is 4.90 Å². The van der Waals surface area contributed by atoms with E-state index in [1.54, 1.807) is 66.7 Å². The second kappa shape index (κ2) is 7.72. The molecular weight excluding hydrogens is 352 g/mol. The van der Waals surface area contributed by atoms with Crippen molar-refractivity contribution >= 4 is 40.7 Å². The number of benzene rings is 3. The van der Waals surface area contributed by atoms with Gasteiger partial charge in [-0.1, -0.05) is 41.9 Å². The lowest BCUT2D eigenvalue weighted by molar-refractivity contribution is 0.0698. The number of nitrogens with zero attached hydrogens (tertiary/aromatic N) is 1. The predicted octanol–water partition coefficient (Wildman–Crippen LogP) is 5.41. The molecule has 0 radical (unpaired) electrons. The molecule has 6 heteroatoms. The van der Waals surface area contributed by atoms with E-state index in [-0.39, 0.29) is 11.3 Å². The van der Waals surface area contributed by atoms with Crippen molar-refractivity contribution in [2.75, 3.05) is 10.2 Å². The van der Waals surface area contributed by atoms with Crippen LogP contribution in [0.1, 0.15) is 10.4 Å². The number of carbonyl (C=O) groups excluding carboxylic acids is 1. The summed E-state index contributed by atoms with van der Waals surface area (Å²) in [7, 11) is 0. The van der Waals surface area contributed by atoms with Crippen LogP contribution in [0.3, 0.4) is 0 Å². The number of carboxylic acid groups (broad SMARTS) is 1. The zero-order valence-corrected chi connectivity index (χ0v) is 14.4. The topological polar surface area (TPSA) is 69.6 Å². The van der Waals surface area contributed by atoms with Gasteiger partial charge in [0.1, 0.15) is 0 Å². The predicted molar refractivity (Wildman–Crippen MR) is 102 cm³/mol. The fourth-order valence-corrected chi connectivity index (χ4v) is 2.63. The molecule has 3 aromatic carbocycles. The first-order valence-corrected chi connectivity index (χ1v) is 8.18. The highest BCUT2D eigenvalue weighted by atomic mass is 35.5. The molecule has 3 rings (SSSR count). The SMILES string of the molecule is O=C(O)c1ccccc1N(C(=O)Nc1ccc(Cl)cc1)c1ccccc1. The van der Waals surface area contributed by atoms with Crippen molar-refractivity contribution in [1.29, 1.82) is 0 Å². The average Bonchev–Trinajstić information content (AvgIpc) is 2.65. The maximum atomic E-state index is 13.0. The normalized spacial score (nSPS) is 10.2. The van der Waals surface area contributed by atoms with Crippen molar-refractivity contribution < 1.29 is 14.7 Å². The van der Waals surface area contributed by atoms with Crippen LogP contribution in [0.5, 0.6) is 0 Å². The number of hydrogen-bond donors (Lipinski definition) is 2. The summed E-state index contributed by atoms with van der Waals surface area (Å²) < 4.78 is 0. The van der Waals surface area contributed by atoms with E-state index in [9.17, 15) is 14.7 Å². The molecule has 0 saturated carbocycles. The number of amides is 2. The van der Waals surface area contributed by atoms with Crippen LogP contribution in [0.25, 0.3) is 0 Å².